The summed E-state index contributed by atoms with van der Waals surface area (Å²) in [6, 6.07) is 17.4. The minimum absolute atomic E-state index is 0.155. The van der Waals surface area contributed by atoms with Gasteiger partial charge >= 0.3 is 0 Å². The van der Waals surface area contributed by atoms with Gasteiger partial charge in [0, 0.05) is 13.1 Å². The lowest BCUT2D eigenvalue weighted by atomic mass is 10.1. The summed E-state index contributed by atoms with van der Waals surface area (Å²) in [5.74, 6) is 0.531. The van der Waals surface area contributed by atoms with Gasteiger partial charge in [0.15, 0.2) is 5.60 Å². The second kappa shape index (κ2) is 6.95. The van der Waals surface area contributed by atoms with Gasteiger partial charge in [0.05, 0.1) is 11.4 Å². The number of para-hydroxylation sites is 3. The van der Waals surface area contributed by atoms with Crippen molar-refractivity contribution in [1.82, 2.24) is 0 Å². The van der Waals surface area contributed by atoms with Gasteiger partial charge in [0.25, 0.3) is 5.91 Å². The summed E-state index contributed by atoms with van der Waals surface area (Å²) < 4.78 is 5.88. The van der Waals surface area contributed by atoms with E-state index in [1.165, 1.54) is 12.8 Å². The van der Waals surface area contributed by atoms with Crippen molar-refractivity contribution in [3.63, 3.8) is 0 Å². The summed E-state index contributed by atoms with van der Waals surface area (Å²) in [6.07, 6.45) is 2.40. The minimum Gasteiger partial charge on any atom is -0.478 e. The lowest BCUT2D eigenvalue weighted by Crippen LogP contribution is -2.42. The number of anilines is 2. The minimum atomic E-state index is -0.959. The molecule has 1 fully saturated rings. The number of amides is 1. The fraction of sp³-hybridized carbons (Fsp3) is 0.350. The second-order valence-corrected chi connectivity index (χ2v) is 6.59. The fourth-order valence-corrected chi connectivity index (χ4v) is 2.92. The molecule has 0 atom stereocenters. The Bertz CT molecular complexity index is 692. The molecule has 0 radical (unpaired) electrons. The van der Waals surface area contributed by atoms with Gasteiger partial charge in [0.1, 0.15) is 5.75 Å². The molecule has 0 bridgehead atoms. The Hall–Kier alpha value is -2.49. The first-order valence-electron chi connectivity index (χ1n) is 8.46. The summed E-state index contributed by atoms with van der Waals surface area (Å²) in [6.45, 7) is 5.65. The number of ether oxygens (including phenoxy) is 1. The van der Waals surface area contributed by atoms with Crippen LogP contribution in [0.2, 0.25) is 0 Å². The van der Waals surface area contributed by atoms with Gasteiger partial charge in [-0.1, -0.05) is 30.3 Å². The van der Waals surface area contributed by atoms with Crippen molar-refractivity contribution >= 4 is 17.3 Å². The van der Waals surface area contributed by atoms with E-state index in [9.17, 15) is 4.79 Å². The Balaban J connectivity index is 1.74. The molecular weight excluding hydrogens is 300 g/mol. The molecule has 1 aliphatic rings. The summed E-state index contributed by atoms with van der Waals surface area (Å²) >= 11 is 0. The molecule has 2 aromatic carbocycles. The SMILES string of the molecule is CC(C)(Oc1ccccc1)C(=O)Nc1ccccc1N1CCCC1. The number of benzene rings is 2. The number of nitrogens with zero attached hydrogens (tertiary/aromatic N) is 1. The fourth-order valence-electron chi connectivity index (χ4n) is 2.92. The van der Waals surface area contributed by atoms with Crippen LogP contribution in [0, 0.1) is 0 Å². The standard InChI is InChI=1S/C20H24N2O2/c1-20(2,24-16-10-4-3-5-11-16)19(23)21-17-12-6-7-13-18(17)22-14-8-9-15-22/h3-7,10-13H,8-9,14-15H2,1-2H3,(H,21,23). The molecule has 3 rings (SSSR count). The molecule has 4 heteroatoms. The molecule has 1 N–H and O–H groups in total. The van der Waals surface area contributed by atoms with Gasteiger partial charge in [-0.05, 0) is 51.0 Å². The molecule has 0 spiro atoms. The van der Waals surface area contributed by atoms with Gasteiger partial charge in [-0.2, -0.15) is 0 Å². The van der Waals surface area contributed by atoms with Crippen LogP contribution in [0.5, 0.6) is 5.75 Å². The van der Waals surface area contributed by atoms with E-state index >= 15 is 0 Å². The summed E-state index contributed by atoms with van der Waals surface area (Å²) in [4.78, 5) is 15.1. The highest BCUT2D eigenvalue weighted by atomic mass is 16.5. The van der Waals surface area contributed by atoms with Crippen LogP contribution in [0.15, 0.2) is 54.6 Å². The Morgan fingerprint density at radius 1 is 1.00 bits per heavy atom. The third-order valence-electron chi connectivity index (χ3n) is 4.26. The van der Waals surface area contributed by atoms with Crippen molar-refractivity contribution in [2.75, 3.05) is 23.3 Å². The van der Waals surface area contributed by atoms with Crippen LogP contribution in [-0.4, -0.2) is 24.6 Å². The molecule has 126 valence electrons. The molecule has 1 amide bonds. The van der Waals surface area contributed by atoms with Crippen molar-refractivity contribution in [3.8, 4) is 5.75 Å². The van der Waals surface area contributed by atoms with Crippen molar-refractivity contribution in [1.29, 1.82) is 0 Å². The smallest absolute Gasteiger partial charge is 0.268 e. The average molecular weight is 324 g/mol. The lowest BCUT2D eigenvalue weighted by molar-refractivity contribution is -0.128. The summed E-state index contributed by atoms with van der Waals surface area (Å²) in [7, 11) is 0. The first kappa shape index (κ1) is 16.4. The molecule has 1 saturated heterocycles. The van der Waals surface area contributed by atoms with Gasteiger partial charge in [-0.3, -0.25) is 4.79 Å². The van der Waals surface area contributed by atoms with Crippen molar-refractivity contribution in [2.45, 2.75) is 32.3 Å². The van der Waals surface area contributed by atoms with Gasteiger partial charge in [-0.15, -0.1) is 0 Å². The van der Waals surface area contributed by atoms with E-state index in [2.05, 4.69) is 16.3 Å². The molecule has 4 nitrogen and oxygen atoms in total. The largest absolute Gasteiger partial charge is 0.478 e. The van der Waals surface area contributed by atoms with Gasteiger partial charge in [-0.25, -0.2) is 0 Å². The Kier molecular flexibility index (Phi) is 4.74. The van der Waals surface area contributed by atoms with Crippen LogP contribution < -0.4 is 15.0 Å². The van der Waals surface area contributed by atoms with E-state index in [1.807, 2.05) is 48.5 Å². The highest BCUT2D eigenvalue weighted by Crippen LogP contribution is 2.29. The highest BCUT2D eigenvalue weighted by molar-refractivity contribution is 5.99. The van der Waals surface area contributed by atoms with E-state index in [4.69, 9.17) is 4.74 Å². The molecule has 0 saturated carbocycles. The first-order chi connectivity index (χ1) is 11.6. The Morgan fingerprint density at radius 3 is 2.33 bits per heavy atom. The van der Waals surface area contributed by atoms with Crippen molar-refractivity contribution in [3.05, 3.63) is 54.6 Å². The van der Waals surface area contributed by atoms with E-state index in [0.717, 1.165) is 24.5 Å². The van der Waals surface area contributed by atoms with Crippen LogP contribution in [0.4, 0.5) is 11.4 Å². The highest BCUT2D eigenvalue weighted by Gasteiger charge is 2.31. The normalized spacial score (nSPS) is 14.5. The molecule has 24 heavy (non-hydrogen) atoms. The zero-order valence-corrected chi connectivity index (χ0v) is 14.3. The predicted octanol–water partition coefficient (Wildman–Crippen LogP) is 4.08. The van der Waals surface area contributed by atoms with E-state index < -0.39 is 5.60 Å². The molecule has 0 unspecified atom stereocenters. The molecular formula is C20H24N2O2. The monoisotopic (exact) mass is 324 g/mol. The van der Waals surface area contributed by atoms with Crippen molar-refractivity contribution < 1.29 is 9.53 Å². The number of rotatable bonds is 5. The number of nitrogens with one attached hydrogen (secondary N) is 1. The molecule has 1 aliphatic heterocycles. The van der Waals surface area contributed by atoms with Crippen LogP contribution in [0.25, 0.3) is 0 Å². The van der Waals surface area contributed by atoms with E-state index in [1.54, 1.807) is 13.8 Å². The van der Waals surface area contributed by atoms with Crippen LogP contribution in [0.1, 0.15) is 26.7 Å². The van der Waals surface area contributed by atoms with E-state index in [-0.39, 0.29) is 5.91 Å². The predicted molar refractivity (Wildman–Crippen MR) is 97.7 cm³/mol. The molecule has 0 aliphatic carbocycles. The van der Waals surface area contributed by atoms with E-state index in [0.29, 0.717) is 5.75 Å². The first-order valence-corrected chi connectivity index (χ1v) is 8.46. The second-order valence-electron chi connectivity index (χ2n) is 6.59. The Morgan fingerprint density at radius 2 is 1.62 bits per heavy atom. The van der Waals surface area contributed by atoms with Crippen molar-refractivity contribution in [2.24, 2.45) is 0 Å². The summed E-state index contributed by atoms with van der Waals surface area (Å²) in [5, 5.41) is 3.04. The molecule has 2 aromatic rings. The number of carbonyl (C=O) groups is 1. The topological polar surface area (TPSA) is 41.6 Å². The number of hydrogen-bond donors (Lipinski definition) is 1. The maximum atomic E-state index is 12.8. The van der Waals surface area contributed by atoms with Crippen LogP contribution in [-0.2, 0) is 4.79 Å². The molecule has 1 heterocycles. The third-order valence-corrected chi connectivity index (χ3v) is 4.26. The van der Waals surface area contributed by atoms with Crippen LogP contribution >= 0.6 is 0 Å². The maximum absolute atomic E-state index is 12.8. The summed E-state index contributed by atoms with van der Waals surface area (Å²) in [5.41, 5.74) is 0.965. The van der Waals surface area contributed by atoms with Crippen LogP contribution in [0.3, 0.4) is 0 Å². The lowest BCUT2D eigenvalue weighted by Gasteiger charge is -2.27. The number of carbonyl (C=O) groups excluding carboxylic acids is 1. The Labute approximate surface area is 143 Å². The average Bonchev–Trinajstić information content (AvgIpc) is 3.10. The van der Waals surface area contributed by atoms with Gasteiger partial charge < -0.3 is 15.0 Å². The third kappa shape index (κ3) is 3.70. The zero-order chi connectivity index (χ0) is 17.0. The number of hydrogen-bond acceptors (Lipinski definition) is 3. The quantitative estimate of drug-likeness (QED) is 0.901. The zero-order valence-electron chi connectivity index (χ0n) is 14.3. The molecule has 0 aromatic heterocycles. The van der Waals surface area contributed by atoms with Gasteiger partial charge in [0.2, 0.25) is 0 Å². The maximum Gasteiger partial charge on any atom is 0.268 e.